The van der Waals surface area contributed by atoms with Crippen molar-refractivity contribution in [1.82, 2.24) is 4.98 Å². The quantitative estimate of drug-likeness (QED) is 0.599. The molecule has 22 heavy (non-hydrogen) atoms. The minimum absolute atomic E-state index is 0.0556. The molecular weight excluding hydrogens is 412 g/mol. The average molecular weight is 420 g/mol. The second-order valence-electron chi connectivity index (χ2n) is 4.97. The van der Waals surface area contributed by atoms with Gasteiger partial charge in [-0.25, -0.2) is 4.99 Å². The zero-order valence-electron chi connectivity index (χ0n) is 11.0. The summed E-state index contributed by atoms with van der Waals surface area (Å²) in [6.45, 7) is 0. The van der Waals surface area contributed by atoms with E-state index in [-0.39, 0.29) is 17.4 Å². The third-order valence-corrected chi connectivity index (χ3v) is 5.50. The number of halogens is 2. The van der Waals surface area contributed by atoms with Crippen molar-refractivity contribution in [3.8, 4) is 5.88 Å². The molecule has 4 nitrogen and oxygen atoms in total. The predicted molar refractivity (Wildman–Crippen MR) is 92.3 cm³/mol. The van der Waals surface area contributed by atoms with Crippen LogP contribution in [-0.2, 0) is 0 Å². The molecule has 0 fully saturated rings. The smallest absolute Gasteiger partial charge is 0.214 e. The van der Waals surface area contributed by atoms with Crippen LogP contribution in [0.4, 0.5) is 5.69 Å². The molecule has 4 rings (SSSR count). The Morgan fingerprint density at radius 3 is 2.59 bits per heavy atom. The summed E-state index contributed by atoms with van der Waals surface area (Å²) in [5.74, 6) is -0.231. The maximum Gasteiger partial charge on any atom is 0.214 e. The number of hydrogen-bond donors (Lipinski definition) is 2. The van der Waals surface area contributed by atoms with Crippen molar-refractivity contribution in [2.45, 2.75) is 0 Å². The highest BCUT2D eigenvalue weighted by atomic mass is 79.9. The van der Waals surface area contributed by atoms with Crippen molar-refractivity contribution in [3.63, 3.8) is 0 Å². The number of carbonyl (C=O) groups is 1. The maximum atomic E-state index is 12.6. The van der Waals surface area contributed by atoms with Gasteiger partial charge in [-0.2, -0.15) is 0 Å². The van der Waals surface area contributed by atoms with E-state index in [1.54, 1.807) is 18.2 Å². The fraction of sp³-hybridized carbons (Fsp3) is 0. The molecule has 0 amide bonds. The summed E-state index contributed by atoms with van der Waals surface area (Å²) in [4.78, 5) is 19.9. The molecule has 6 heteroatoms. The number of aliphatic imine (C=N–C) groups is 1. The zero-order chi connectivity index (χ0) is 15.4. The Morgan fingerprint density at radius 2 is 1.82 bits per heavy atom. The van der Waals surface area contributed by atoms with Gasteiger partial charge in [0.15, 0.2) is 5.88 Å². The molecule has 2 aromatic carbocycles. The highest BCUT2D eigenvalue weighted by molar-refractivity contribution is 9.13. The van der Waals surface area contributed by atoms with Crippen LogP contribution in [0.15, 0.2) is 50.3 Å². The first kappa shape index (κ1) is 13.7. The number of fused-ring (bicyclic) bond motifs is 2. The van der Waals surface area contributed by atoms with Crippen LogP contribution in [0.5, 0.6) is 5.88 Å². The van der Waals surface area contributed by atoms with Gasteiger partial charge >= 0.3 is 0 Å². The highest BCUT2D eigenvalue weighted by Gasteiger charge is 2.30. The standard InChI is InChI=1S/C16H8Br2N2O2/c17-9-5-8-12(6-10(9)18)20-16(22)13(8)14-15(21)7-3-1-2-4-11(7)19-14/h1-6,20,22H. The second kappa shape index (κ2) is 4.79. The lowest BCUT2D eigenvalue weighted by atomic mass is 10.0. The van der Waals surface area contributed by atoms with Gasteiger partial charge in [-0.3, -0.25) is 4.79 Å². The number of nitrogens with one attached hydrogen (secondary N) is 1. The average Bonchev–Trinajstić information content (AvgIpc) is 2.97. The molecule has 0 unspecified atom stereocenters. The van der Waals surface area contributed by atoms with Crippen LogP contribution in [0.3, 0.4) is 0 Å². The van der Waals surface area contributed by atoms with E-state index < -0.39 is 0 Å². The van der Waals surface area contributed by atoms with Crippen molar-refractivity contribution in [2.24, 2.45) is 4.99 Å². The van der Waals surface area contributed by atoms with Gasteiger partial charge in [-0.15, -0.1) is 0 Å². The molecule has 2 N–H and O–H groups in total. The Kier molecular flexibility index (Phi) is 2.99. The van der Waals surface area contributed by atoms with Crippen molar-refractivity contribution in [3.05, 3.63) is 56.5 Å². The van der Waals surface area contributed by atoms with E-state index in [9.17, 15) is 9.90 Å². The third-order valence-electron chi connectivity index (χ3n) is 3.65. The lowest BCUT2D eigenvalue weighted by Gasteiger charge is -2.00. The Hall–Kier alpha value is -1.92. The summed E-state index contributed by atoms with van der Waals surface area (Å²) in [7, 11) is 0. The van der Waals surface area contributed by atoms with Gasteiger partial charge in [-0.1, -0.05) is 12.1 Å². The molecule has 0 radical (unpaired) electrons. The second-order valence-corrected chi connectivity index (χ2v) is 6.68. The normalized spacial score (nSPS) is 13.5. The minimum Gasteiger partial charge on any atom is -0.494 e. The summed E-state index contributed by atoms with van der Waals surface area (Å²) in [6, 6.07) is 10.9. The largest absolute Gasteiger partial charge is 0.494 e. The van der Waals surface area contributed by atoms with E-state index in [1.807, 2.05) is 18.2 Å². The number of carbonyl (C=O) groups excluding carboxylic acids is 1. The number of H-pyrrole nitrogens is 1. The number of aromatic nitrogens is 1. The molecule has 0 saturated heterocycles. The molecule has 0 aliphatic carbocycles. The fourth-order valence-corrected chi connectivity index (χ4v) is 3.33. The first-order valence-corrected chi connectivity index (χ1v) is 8.07. The molecule has 0 saturated carbocycles. The highest BCUT2D eigenvalue weighted by Crippen LogP contribution is 2.37. The number of nitrogens with zero attached hydrogens (tertiary/aromatic N) is 1. The summed E-state index contributed by atoms with van der Waals surface area (Å²) in [5, 5.41) is 11.0. The molecule has 0 bridgehead atoms. The van der Waals surface area contributed by atoms with Crippen molar-refractivity contribution in [1.29, 1.82) is 0 Å². The molecule has 1 aromatic heterocycles. The van der Waals surface area contributed by atoms with E-state index in [0.717, 1.165) is 19.8 Å². The van der Waals surface area contributed by atoms with Crippen LogP contribution in [0.25, 0.3) is 10.9 Å². The van der Waals surface area contributed by atoms with Gasteiger partial charge in [0.2, 0.25) is 5.78 Å². The Morgan fingerprint density at radius 1 is 1.09 bits per heavy atom. The minimum atomic E-state index is -0.175. The molecule has 0 spiro atoms. The van der Waals surface area contributed by atoms with Gasteiger partial charge in [0.25, 0.3) is 0 Å². The maximum absolute atomic E-state index is 12.6. The number of aromatic amines is 1. The molecule has 1 aliphatic heterocycles. The number of hydrogen-bond acceptors (Lipinski definition) is 3. The lowest BCUT2D eigenvalue weighted by Crippen LogP contribution is -2.10. The van der Waals surface area contributed by atoms with Crippen LogP contribution in [0, 0.1) is 0 Å². The molecule has 0 atom stereocenters. The fourth-order valence-electron chi connectivity index (χ4n) is 2.65. The monoisotopic (exact) mass is 418 g/mol. The van der Waals surface area contributed by atoms with E-state index >= 15 is 0 Å². The van der Waals surface area contributed by atoms with Crippen molar-refractivity contribution < 1.29 is 9.90 Å². The van der Waals surface area contributed by atoms with E-state index in [2.05, 4.69) is 41.8 Å². The van der Waals surface area contributed by atoms with Gasteiger partial charge in [0.05, 0.1) is 16.8 Å². The number of ketones is 1. The number of benzene rings is 2. The first-order chi connectivity index (χ1) is 10.6. The lowest BCUT2D eigenvalue weighted by molar-refractivity contribution is 0.107. The van der Waals surface area contributed by atoms with E-state index in [0.29, 0.717) is 16.8 Å². The van der Waals surface area contributed by atoms with Crippen LogP contribution >= 0.6 is 31.9 Å². The van der Waals surface area contributed by atoms with Gasteiger partial charge in [0, 0.05) is 19.9 Å². The molecule has 1 aliphatic rings. The first-order valence-electron chi connectivity index (χ1n) is 6.48. The van der Waals surface area contributed by atoms with E-state index in [4.69, 9.17) is 0 Å². The molecule has 2 heterocycles. The predicted octanol–water partition coefficient (Wildman–Crippen LogP) is 4.72. The Balaban J connectivity index is 1.99. The number of Topliss-reactive ketones (excluding diaryl/α,β-unsaturated/α-hetero) is 1. The zero-order valence-corrected chi connectivity index (χ0v) is 14.2. The Labute approximate surface area is 142 Å². The molecule has 108 valence electrons. The van der Waals surface area contributed by atoms with Gasteiger partial charge in [0.1, 0.15) is 5.71 Å². The summed E-state index contributed by atoms with van der Waals surface area (Å²) in [5.41, 5.74) is 2.62. The van der Waals surface area contributed by atoms with Crippen LogP contribution in [0.1, 0.15) is 15.9 Å². The summed E-state index contributed by atoms with van der Waals surface area (Å²) >= 11 is 6.87. The molecular formula is C16H8Br2N2O2. The van der Waals surface area contributed by atoms with E-state index in [1.165, 1.54) is 0 Å². The number of aromatic hydroxyl groups is 1. The van der Waals surface area contributed by atoms with Crippen LogP contribution < -0.4 is 0 Å². The van der Waals surface area contributed by atoms with Gasteiger partial charge in [-0.05, 0) is 56.1 Å². The topological polar surface area (TPSA) is 65.4 Å². The van der Waals surface area contributed by atoms with Crippen LogP contribution in [0.2, 0.25) is 0 Å². The summed E-state index contributed by atoms with van der Waals surface area (Å²) in [6.07, 6.45) is 0. The molecule has 3 aromatic rings. The van der Waals surface area contributed by atoms with Crippen molar-refractivity contribution >= 4 is 59.9 Å². The number of rotatable bonds is 1. The number of para-hydroxylation sites is 1. The van der Waals surface area contributed by atoms with Crippen LogP contribution in [-0.4, -0.2) is 21.6 Å². The Bertz CT molecular complexity index is 989. The van der Waals surface area contributed by atoms with Gasteiger partial charge < -0.3 is 10.1 Å². The summed E-state index contributed by atoms with van der Waals surface area (Å²) < 4.78 is 1.69. The third kappa shape index (κ3) is 1.87. The SMILES string of the molecule is O=C1C(c2c(O)[nH]c3cc(Br)c(Br)cc23)=Nc2ccccc21. The van der Waals surface area contributed by atoms with Crippen molar-refractivity contribution in [2.75, 3.05) is 0 Å².